The Hall–Kier alpha value is -2.55. The number of benzene rings is 1. The quantitative estimate of drug-likeness (QED) is 0.163. The van der Waals surface area contributed by atoms with Crippen LogP contribution in [0.3, 0.4) is 0 Å². The van der Waals surface area contributed by atoms with Crippen LogP contribution < -0.4 is 4.74 Å². The average Bonchev–Trinajstić information content (AvgIpc) is 2.83. The van der Waals surface area contributed by atoms with Crippen molar-refractivity contribution in [3.8, 4) is 11.8 Å². The van der Waals surface area contributed by atoms with E-state index in [2.05, 4.69) is 16.9 Å². The maximum atomic E-state index is 12.7. The molecule has 0 spiro atoms. The van der Waals surface area contributed by atoms with Crippen molar-refractivity contribution < 1.29 is 22.3 Å². The number of rotatable bonds is 8. The minimum Gasteiger partial charge on any atom is -0.406 e. The van der Waals surface area contributed by atoms with E-state index in [0.717, 1.165) is 50.0 Å². The van der Waals surface area contributed by atoms with E-state index >= 15 is 0 Å². The lowest BCUT2D eigenvalue weighted by Crippen LogP contribution is -2.17. The summed E-state index contributed by atoms with van der Waals surface area (Å²) >= 11 is 0. The molecule has 0 unspecified atom stereocenters. The molecule has 0 aromatic heterocycles. The topological polar surface area (TPSA) is 33.0 Å². The molecule has 0 atom stereocenters. The Morgan fingerprint density at radius 3 is 2.09 bits per heavy atom. The summed E-state index contributed by atoms with van der Waals surface area (Å²) in [6.07, 6.45) is 16.2. The molecule has 3 rings (SSSR count). The van der Waals surface area contributed by atoms with Gasteiger partial charge in [-0.2, -0.15) is 9.65 Å². The molecule has 2 aliphatic rings. The van der Waals surface area contributed by atoms with Gasteiger partial charge in [0.05, 0.1) is 0 Å². The molecule has 2 aliphatic carbocycles. The Balaban J connectivity index is 1.34. The van der Waals surface area contributed by atoms with Crippen LogP contribution in [0.25, 0.3) is 0 Å². The number of alkyl halides is 3. The second kappa shape index (κ2) is 12.8. The predicted octanol–water partition coefficient (Wildman–Crippen LogP) is 8.93. The van der Waals surface area contributed by atoms with Gasteiger partial charge in [-0.05, 0) is 112 Å². The molecule has 0 bridgehead atoms. The zero-order valence-corrected chi connectivity index (χ0v) is 19.4. The molecule has 1 aromatic carbocycles. The third kappa shape index (κ3) is 9.00. The van der Waals surface area contributed by atoms with Gasteiger partial charge in [-0.25, -0.2) is 0 Å². The lowest BCUT2D eigenvalue weighted by Gasteiger charge is -2.29. The highest BCUT2D eigenvalue weighted by atomic mass is 19.4. The number of halogens is 4. The van der Waals surface area contributed by atoms with Gasteiger partial charge in [0.25, 0.3) is 0 Å². The Bertz CT molecular complexity index is 878. The molecule has 6 heteroatoms. The molecular weight excluding hydrogens is 442 g/mol. The summed E-state index contributed by atoms with van der Waals surface area (Å²) in [4.78, 5) is 0. The van der Waals surface area contributed by atoms with Crippen LogP contribution in [0.5, 0.6) is 5.75 Å². The van der Waals surface area contributed by atoms with Crippen LogP contribution in [-0.4, -0.2) is 6.36 Å². The first-order chi connectivity index (χ1) is 16.3. The van der Waals surface area contributed by atoms with E-state index in [1.807, 2.05) is 6.08 Å². The van der Waals surface area contributed by atoms with Crippen molar-refractivity contribution in [3.63, 3.8) is 0 Å². The summed E-state index contributed by atoms with van der Waals surface area (Å²) in [6.45, 7) is 0. The van der Waals surface area contributed by atoms with E-state index in [4.69, 9.17) is 5.26 Å². The first-order valence-corrected chi connectivity index (χ1v) is 12.3. The first-order valence-electron chi connectivity index (χ1n) is 12.3. The molecule has 0 heterocycles. The smallest absolute Gasteiger partial charge is 0.406 e. The van der Waals surface area contributed by atoms with Crippen LogP contribution in [0.1, 0.15) is 75.7 Å². The summed E-state index contributed by atoms with van der Waals surface area (Å²) in [5, 5.41) is 8.38. The van der Waals surface area contributed by atoms with E-state index in [-0.39, 0.29) is 5.75 Å². The number of hydrogen-bond acceptors (Lipinski definition) is 2. The van der Waals surface area contributed by atoms with Gasteiger partial charge >= 0.3 is 6.36 Å². The highest BCUT2D eigenvalue weighted by molar-refractivity contribution is 5.30. The van der Waals surface area contributed by atoms with Crippen LogP contribution in [0.4, 0.5) is 17.6 Å². The Morgan fingerprint density at radius 1 is 0.941 bits per heavy atom. The SMILES string of the molecule is N#CC(F)=CC=CCCC1CCC(/C=C/C2CCC(c3ccc(OC(F)(F)F)cc3)CC2)CC1. The van der Waals surface area contributed by atoms with Crippen LogP contribution in [0.2, 0.25) is 0 Å². The number of ether oxygens (including phenoxy) is 1. The van der Waals surface area contributed by atoms with Gasteiger partial charge in [0, 0.05) is 0 Å². The summed E-state index contributed by atoms with van der Waals surface area (Å²) in [5.41, 5.74) is 1.09. The van der Waals surface area contributed by atoms with Crippen molar-refractivity contribution in [2.24, 2.45) is 17.8 Å². The molecule has 0 N–H and O–H groups in total. The molecular formula is C28H33F4NO. The summed E-state index contributed by atoms with van der Waals surface area (Å²) in [5.74, 6) is 1.45. The Kier molecular flexibility index (Phi) is 9.80. The van der Waals surface area contributed by atoms with E-state index < -0.39 is 12.2 Å². The maximum Gasteiger partial charge on any atom is 0.573 e. The van der Waals surface area contributed by atoms with Crippen LogP contribution in [0.15, 0.2) is 60.5 Å². The highest BCUT2D eigenvalue weighted by Crippen LogP contribution is 2.38. The van der Waals surface area contributed by atoms with Crippen molar-refractivity contribution in [3.05, 3.63) is 66.0 Å². The average molecular weight is 476 g/mol. The van der Waals surface area contributed by atoms with E-state index in [9.17, 15) is 17.6 Å². The molecule has 1 aromatic rings. The number of nitriles is 1. The normalized spacial score (nSPS) is 26.6. The van der Waals surface area contributed by atoms with Gasteiger partial charge in [-0.1, -0.05) is 36.4 Å². The molecule has 2 saturated carbocycles. The van der Waals surface area contributed by atoms with Crippen molar-refractivity contribution in [1.82, 2.24) is 0 Å². The van der Waals surface area contributed by atoms with Crippen LogP contribution >= 0.6 is 0 Å². The first kappa shape index (κ1) is 26.1. The third-order valence-electron chi connectivity index (χ3n) is 7.13. The zero-order valence-electron chi connectivity index (χ0n) is 19.4. The van der Waals surface area contributed by atoms with Crippen molar-refractivity contribution >= 4 is 0 Å². The molecule has 0 amide bonds. The van der Waals surface area contributed by atoms with Gasteiger partial charge in [-0.3, -0.25) is 0 Å². The fourth-order valence-corrected chi connectivity index (χ4v) is 5.19. The summed E-state index contributed by atoms with van der Waals surface area (Å²) in [6, 6.07) is 7.81. The van der Waals surface area contributed by atoms with Gasteiger partial charge in [0.1, 0.15) is 11.8 Å². The van der Waals surface area contributed by atoms with Crippen LogP contribution in [-0.2, 0) is 0 Å². The standard InChI is InChI=1S/C28H33F4NO/c29-26(20-33)5-3-1-2-4-21-6-8-22(9-7-21)10-11-23-12-14-24(15-13-23)25-16-18-27(19-17-25)34-28(30,31)32/h1,3,5,10-11,16-19,21-24H,2,4,6-9,12-15H2/b3-1?,11-10+,26-5?. The van der Waals surface area contributed by atoms with E-state index in [0.29, 0.717) is 17.8 Å². The monoisotopic (exact) mass is 475 g/mol. The molecule has 0 saturated heterocycles. The molecule has 2 fully saturated rings. The molecule has 34 heavy (non-hydrogen) atoms. The minimum absolute atomic E-state index is 0.165. The third-order valence-corrected chi connectivity index (χ3v) is 7.13. The molecule has 0 radical (unpaired) electrons. The van der Waals surface area contributed by atoms with Crippen molar-refractivity contribution in [2.45, 2.75) is 76.5 Å². The molecule has 0 aliphatic heterocycles. The molecule has 2 nitrogen and oxygen atoms in total. The second-order valence-corrected chi connectivity index (χ2v) is 9.53. The van der Waals surface area contributed by atoms with Gasteiger partial charge in [-0.15, -0.1) is 13.2 Å². The fourth-order valence-electron chi connectivity index (χ4n) is 5.19. The van der Waals surface area contributed by atoms with E-state index in [1.165, 1.54) is 50.0 Å². The highest BCUT2D eigenvalue weighted by Gasteiger charge is 2.31. The van der Waals surface area contributed by atoms with Crippen molar-refractivity contribution in [2.75, 3.05) is 0 Å². The van der Waals surface area contributed by atoms with Crippen LogP contribution in [0, 0.1) is 29.1 Å². The Labute approximate surface area is 200 Å². The Morgan fingerprint density at radius 2 is 1.53 bits per heavy atom. The van der Waals surface area contributed by atoms with Gasteiger partial charge in [0.2, 0.25) is 0 Å². The summed E-state index contributed by atoms with van der Waals surface area (Å²) in [7, 11) is 0. The number of hydrogen-bond donors (Lipinski definition) is 0. The lowest BCUT2D eigenvalue weighted by atomic mass is 9.77. The number of allylic oxidation sites excluding steroid dienone is 6. The fraction of sp³-hybridized carbons (Fsp3) is 0.536. The second-order valence-electron chi connectivity index (χ2n) is 9.53. The zero-order chi connectivity index (χ0) is 24.4. The van der Waals surface area contributed by atoms with Gasteiger partial charge in [0.15, 0.2) is 5.83 Å². The molecule has 184 valence electrons. The van der Waals surface area contributed by atoms with Crippen molar-refractivity contribution in [1.29, 1.82) is 5.26 Å². The summed E-state index contributed by atoms with van der Waals surface area (Å²) < 4.78 is 53.7. The number of nitrogens with zero attached hydrogens (tertiary/aromatic N) is 1. The van der Waals surface area contributed by atoms with E-state index in [1.54, 1.807) is 18.2 Å². The largest absolute Gasteiger partial charge is 0.573 e. The van der Waals surface area contributed by atoms with Gasteiger partial charge < -0.3 is 4.74 Å². The predicted molar refractivity (Wildman–Crippen MR) is 126 cm³/mol. The lowest BCUT2D eigenvalue weighted by molar-refractivity contribution is -0.274. The minimum atomic E-state index is -4.65. The maximum absolute atomic E-state index is 12.7.